The first kappa shape index (κ1) is 14.7. The zero-order valence-electron chi connectivity index (χ0n) is 10.6. The lowest BCUT2D eigenvalue weighted by Crippen LogP contribution is -2.37. The number of aromatic nitrogens is 2. The fourth-order valence-electron chi connectivity index (χ4n) is 1.25. The van der Waals surface area contributed by atoms with Gasteiger partial charge in [-0.25, -0.2) is 9.59 Å². The third kappa shape index (κ3) is 3.56. The molecule has 0 saturated carbocycles. The van der Waals surface area contributed by atoms with E-state index in [0.717, 1.165) is 4.57 Å². The second-order valence-corrected chi connectivity index (χ2v) is 5.71. The number of rotatable bonds is 2. The smallest absolute Gasteiger partial charge is 0.329 e. The van der Waals surface area contributed by atoms with Crippen LogP contribution in [0.15, 0.2) is 20.3 Å². The van der Waals surface area contributed by atoms with Gasteiger partial charge in [0, 0.05) is 6.20 Å². The summed E-state index contributed by atoms with van der Waals surface area (Å²) < 4.78 is 6.46. The molecule has 0 fully saturated rings. The number of hydrogen-bond acceptors (Lipinski definition) is 4. The van der Waals surface area contributed by atoms with Crippen LogP contribution in [0.2, 0.25) is 0 Å². The maximum atomic E-state index is 11.8. The molecule has 1 rings (SSSR count). The number of nitrogens with zero attached hydrogens (tertiary/aromatic N) is 1. The highest BCUT2D eigenvalue weighted by molar-refractivity contribution is 9.10. The van der Waals surface area contributed by atoms with Crippen molar-refractivity contribution in [1.29, 1.82) is 0 Å². The number of nitrogens with one attached hydrogen (secondary N) is 1. The molecule has 0 aromatic carbocycles. The van der Waals surface area contributed by atoms with Crippen LogP contribution in [-0.4, -0.2) is 21.1 Å². The van der Waals surface area contributed by atoms with Gasteiger partial charge in [-0.3, -0.25) is 14.3 Å². The predicted octanol–water partition coefficient (Wildman–Crippen LogP) is 1.20. The van der Waals surface area contributed by atoms with E-state index in [0.29, 0.717) is 0 Å². The molecule has 0 bridgehead atoms. The Kier molecular flexibility index (Phi) is 4.16. The van der Waals surface area contributed by atoms with Crippen LogP contribution in [0.1, 0.15) is 33.7 Å². The lowest BCUT2D eigenvalue weighted by Gasteiger charge is -2.23. The molecular formula is C11H15BrN2O4. The van der Waals surface area contributed by atoms with Crippen molar-refractivity contribution in [3.05, 3.63) is 31.5 Å². The van der Waals surface area contributed by atoms with Crippen molar-refractivity contribution in [2.24, 2.45) is 0 Å². The Morgan fingerprint density at radius 3 is 2.50 bits per heavy atom. The lowest BCUT2D eigenvalue weighted by atomic mass is 10.2. The molecule has 1 unspecified atom stereocenters. The topological polar surface area (TPSA) is 81.2 Å². The molecule has 0 amide bonds. The first-order valence-corrected chi connectivity index (χ1v) is 6.15. The highest BCUT2D eigenvalue weighted by atomic mass is 79.9. The van der Waals surface area contributed by atoms with Gasteiger partial charge >= 0.3 is 11.7 Å². The fourth-order valence-corrected chi connectivity index (χ4v) is 1.57. The number of aromatic amines is 1. The molecule has 1 aromatic heterocycles. The molecule has 0 saturated heterocycles. The lowest BCUT2D eigenvalue weighted by molar-refractivity contribution is -0.158. The Bertz CT molecular complexity index is 568. The van der Waals surface area contributed by atoms with Gasteiger partial charge in [0.25, 0.3) is 5.56 Å². The van der Waals surface area contributed by atoms with Gasteiger partial charge in [0.1, 0.15) is 11.6 Å². The zero-order valence-corrected chi connectivity index (χ0v) is 12.2. The molecule has 0 aliphatic carbocycles. The van der Waals surface area contributed by atoms with E-state index in [9.17, 15) is 14.4 Å². The summed E-state index contributed by atoms with van der Waals surface area (Å²) in [6, 6.07) is -0.815. The van der Waals surface area contributed by atoms with Crippen molar-refractivity contribution in [3.63, 3.8) is 0 Å². The van der Waals surface area contributed by atoms with Gasteiger partial charge in [-0.15, -0.1) is 0 Å². The van der Waals surface area contributed by atoms with Gasteiger partial charge in [0.05, 0.1) is 4.47 Å². The molecular weight excluding hydrogens is 304 g/mol. The number of halogens is 1. The third-order valence-corrected chi connectivity index (χ3v) is 2.65. The number of ether oxygens (including phenoxy) is 1. The molecule has 0 aliphatic rings. The predicted molar refractivity (Wildman–Crippen MR) is 69.6 cm³/mol. The molecule has 0 radical (unpaired) electrons. The summed E-state index contributed by atoms with van der Waals surface area (Å²) in [6.07, 6.45) is 1.27. The number of H-pyrrole nitrogens is 1. The van der Waals surface area contributed by atoms with Crippen LogP contribution >= 0.6 is 15.9 Å². The minimum Gasteiger partial charge on any atom is -0.458 e. The van der Waals surface area contributed by atoms with Crippen LogP contribution in [0.25, 0.3) is 0 Å². The summed E-state index contributed by atoms with van der Waals surface area (Å²) in [5.41, 5.74) is -1.82. The quantitative estimate of drug-likeness (QED) is 0.831. The summed E-state index contributed by atoms with van der Waals surface area (Å²) in [6.45, 7) is 6.75. The number of carbonyl (C=O) groups is 1. The molecule has 0 aliphatic heterocycles. The van der Waals surface area contributed by atoms with E-state index in [2.05, 4.69) is 20.9 Å². The SMILES string of the molecule is CC(C(=O)OC(C)(C)C)n1cc(Br)c(=O)[nH]c1=O. The monoisotopic (exact) mass is 318 g/mol. The second kappa shape index (κ2) is 5.09. The van der Waals surface area contributed by atoms with Crippen LogP contribution in [0.3, 0.4) is 0 Å². The largest absolute Gasteiger partial charge is 0.458 e. The maximum Gasteiger partial charge on any atom is 0.329 e. The van der Waals surface area contributed by atoms with Crippen molar-refractivity contribution in [2.75, 3.05) is 0 Å². The first-order chi connectivity index (χ1) is 8.11. The van der Waals surface area contributed by atoms with Gasteiger partial charge in [-0.1, -0.05) is 0 Å². The molecule has 0 spiro atoms. The van der Waals surface area contributed by atoms with E-state index >= 15 is 0 Å². The van der Waals surface area contributed by atoms with Crippen molar-refractivity contribution < 1.29 is 9.53 Å². The van der Waals surface area contributed by atoms with Gasteiger partial charge in [0.2, 0.25) is 0 Å². The Morgan fingerprint density at radius 1 is 1.44 bits per heavy atom. The van der Waals surface area contributed by atoms with Gasteiger partial charge in [-0.05, 0) is 43.6 Å². The number of hydrogen-bond donors (Lipinski definition) is 1. The Morgan fingerprint density at radius 2 is 2.00 bits per heavy atom. The van der Waals surface area contributed by atoms with Crippen LogP contribution in [0.5, 0.6) is 0 Å². The maximum absolute atomic E-state index is 11.8. The normalized spacial score (nSPS) is 13.2. The standard InChI is InChI=1S/C11H15BrN2O4/c1-6(9(16)18-11(2,3)4)14-5-7(12)8(15)13-10(14)17/h5-6H,1-4H3,(H,13,15,17). The molecule has 1 atom stereocenters. The summed E-state index contributed by atoms with van der Waals surface area (Å²) in [4.78, 5) is 36.7. The molecule has 7 heteroatoms. The molecule has 18 heavy (non-hydrogen) atoms. The van der Waals surface area contributed by atoms with Gasteiger partial charge in [0.15, 0.2) is 0 Å². The Balaban J connectivity index is 3.08. The van der Waals surface area contributed by atoms with Crippen molar-refractivity contribution >= 4 is 21.9 Å². The first-order valence-electron chi connectivity index (χ1n) is 5.35. The Labute approximate surface area is 112 Å². The van der Waals surface area contributed by atoms with Crippen molar-refractivity contribution in [3.8, 4) is 0 Å². The molecule has 1 heterocycles. The highest BCUT2D eigenvalue weighted by Crippen LogP contribution is 2.14. The van der Waals surface area contributed by atoms with E-state index in [1.807, 2.05) is 0 Å². The van der Waals surface area contributed by atoms with Crippen LogP contribution in [0, 0.1) is 0 Å². The average molecular weight is 319 g/mol. The molecule has 100 valence electrons. The zero-order chi connectivity index (χ0) is 14.1. The summed E-state index contributed by atoms with van der Waals surface area (Å²) in [5.74, 6) is -0.538. The average Bonchev–Trinajstić information content (AvgIpc) is 2.20. The third-order valence-electron chi connectivity index (χ3n) is 2.09. The summed E-state index contributed by atoms with van der Waals surface area (Å²) in [7, 11) is 0. The number of carbonyl (C=O) groups excluding carboxylic acids is 1. The highest BCUT2D eigenvalue weighted by Gasteiger charge is 2.24. The van der Waals surface area contributed by atoms with E-state index in [1.165, 1.54) is 13.1 Å². The van der Waals surface area contributed by atoms with Crippen LogP contribution in [-0.2, 0) is 9.53 Å². The molecule has 6 nitrogen and oxygen atoms in total. The molecule has 1 aromatic rings. The fraction of sp³-hybridized carbons (Fsp3) is 0.545. The number of esters is 1. The molecule has 1 N–H and O–H groups in total. The van der Waals surface area contributed by atoms with Crippen molar-refractivity contribution in [1.82, 2.24) is 9.55 Å². The summed E-state index contributed by atoms with van der Waals surface area (Å²) in [5, 5.41) is 0. The van der Waals surface area contributed by atoms with E-state index in [4.69, 9.17) is 4.74 Å². The van der Waals surface area contributed by atoms with Crippen molar-refractivity contribution in [2.45, 2.75) is 39.3 Å². The van der Waals surface area contributed by atoms with Crippen LogP contribution < -0.4 is 11.2 Å². The second-order valence-electron chi connectivity index (χ2n) is 4.85. The van der Waals surface area contributed by atoms with E-state index < -0.39 is 28.9 Å². The minimum atomic E-state index is -0.815. The van der Waals surface area contributed by atoms with Gasteiger partial charge < -0.3 is 4.74 Å². The van der Waals surface area contributed by atoms with E-state index in [1.54, 1.807) is 20.8 Å². The minimum absolute atomic E-state index is 0.178. The van der Waals surface area contributed by atoms with Crippen LogP contribution in [0.4, 0.5) is 0 Å². The Hall–Kier alpha value is -1.37. The van der Waals surface area contributed by atoms with Gasteiger partial charge in [-0.2, -0.15) is 0 Å². The summed E-state index contributed by atoms with van der Waals surface area (Å²) >= 11 is 3.00. The van der Waals surface area contributed by atoms with E-state index in [-0.39, 0.29) is 4.47 Å².